The van der Waals surface area contributed by atoms with Gasteiger partial charge in [-0.05, 0) is 18.2 Å². The summed E-state index contributed by atoms with van der Waals surface area (Å²) < 4.78 is 32.9. The minimum Gasteiger partial charge on any atom is -0.744 e. The van der Waals surface area contributed by atoms with Crippen molar-refractivity contribution in [1.29, 1.82) is 0 Å². The molecule has 2 rings (SSSR count). The van der Waals surface area contributed by atoms with Gasteiger partial charge in [-0.25, -0.2) is 13.0 Å². The predicted octanol–water partition coefficient (Wildman–Crippen LogP) is 1.74. The zero-order chi connectivity index (χ0) is 14.3. The average Bonchev–Trinajstić information content (AvgIpc) is 2.40. The highest BCUT2D eigenvalue weighted by atomic mass is 32.2. The zero-order valence-electron chi connectivity index (χ0n) is 10.6. The van der Waals surface area contributed by atoms with Crippen LogP contribution in [0.5, 0.6) is 0 Å². The van der Waals surface area contributed by atoms with Crippen LogP contribution in [0.25, 0.3) is 6.08 Å². The monoisotopic (exact) mass is 277 g/mol. The van der Waals surface area contributed by atoms with Crippen LogP contribution >= 0.6 is 0 Å². The Balaban J connectivity index is 0.000000191. The first-order valence-corrected chi connectivity index (χ1v) is 6.94. The van der Waals surface area contributed by atoms with E-state index >= 15 is 0 Å². The van der Waals surface area contributed by atoms with Crippen LogP contribution in [-0.2, 0) is 17.2 Å². The summed E-state index contributed by atoms with van der Waals surface area (Å²) in [5.74, 6) is 0. The van der Waals surface area contributed by atoms with Crippen molar-refractivity contribution in [2.45, 2.75) is 4.90 Å². The van der Waals surface area contributed by atoms with E-state index in [2.05, 4.69) is 6.58 Å². The third kappa shape index (κ3) is 5.03. The lowest BCUT2D eigenvalue weighted by Gasteiger charge is -2.04. The number of pyridine rings is 1. The molecule has 19 heavy (non-hydrogen) atoms. The van der Waals surface area contributed by atoms with Gasteiger partial charge < -0.3 is 4.55 Å². The van der Waals surface area contributed by atoms with Gasteiger partial charge in [0.2, 0.25) is 5.69 Å². The molecule has 0 aliphatic rings. The van der Waals surface area contributed by atoms with Crippen LogP contribution in [0.4, 0.5) is 0 Å². The molecule has 0 radical (unpaired) electrons. The van der Waals surface area contributed by atoms with Crippen molar-refractivity contribution >= 4 is 16.2 Å². The van der Waals surface area contributed by atoms with E-state index in [1.165, 1.54) is 24.3 Å². The van der Waals surface area contributed by atoms with E-state index in [-0.39, 0.29) is 4.90 Å². The maximum Gasteiger partial charge on any atom is 0.204 e. The zero-order valence-corrected chi connectivity index (χ0v) is 11.4. The molecule has 0 unspecified atom stereocenters. The van der Waals surface area contributed by atoms with Crippen LogP contribution in [0.2, 0.25) is 0 Å². The second-order valence-corrected chi connectivity index (χ2v) is 5.09. The Morgan fingerprint density at radius 2 is 1.68 bits per heavy atom. The first kappa shape index (κ1) is 15.1. The molecule has 100 valence electrons. The number of aromatic nitrogens is 1. The van der Waals surface area contributed by atoms with Gasteiger partial charge in [0.05, 0.1) is 4.90 Å². The summed E-state index contributed by atoms with van der Waals surface area (Å²) in [5, 5.41) is 0. The van der Waals surface area contributed by atoms with Gasteiger partial charge in [0.25, 0.3) is 0 Å². The summed E-state index contributed by atoms with van der Waals surface area (Å²) in [6.07, 6.45) is 3.83. The fourth-order valence-corrected chi connectivity index (χ4v) is 1.83. The van der Waals surface area contributed by atoms with Crippen molar-refractivity contribution < 1.29 is 17.5 Å². The highest BCUT2D eigenvalue weighted by Gasteiger charge is 1.96. The fraction of sp³-hybridized carbons (Fsp3) is 0.0714. The lowest BCUT2D eigenvalue weighted by molar-refractivity contribution is -0.673. The molecule has 0 saturated carbocycles. The Hall–Kier alpha value is -1.98. The van der Waals surface area contributed by atoms with Crippen LogP contribution in [0.15, 0.2) is 66.2 Å². The van der Waals surface area contributed by atoms with Gasteiger partial charge in [0.15, 0.2) is 6.20 Å². The van der Waals surface area contributed by atoms with Crippen molar-refractivity contribution in [1.82, 2.24) is 0 Å². The first-order chi connectivity index (χ1) is 8.95. The predicted molar refractivity (Wildman–Crippen MR) is 72.1 cm³/mol. The molecule has 0 saturated heterocycles. The topological polar surface area (TPSA) is 61.1 Å². The minimum absolute atomic E-state index is 0.185. The molecular formula is C14H15NO3S. The van der Waals surface area contributed by atoms with E-state index in [1.54, 1.807) is 6.07 Å². The maximum absolute atomic E-state index is 10.3. The lowest BCUT2D eigenvalue weighted by atomic mass is 10.3. The van der Waals surface area contributed by atoms with Crippen molar-refractivity contribution in [2.24, 2.45) is 7.05 Å². The smallest absolute Gasteiger partial charge is 0.204 e. The second kappa shape index (κ2) is 6.82. The van der Waals surface area contributed by atoms with E-state index in [4.69, 9.17) is 0 Å². The Bertz CT molecular complexity index is 637. The Morgan fingerprint density at radius 1 is 1.11 bits per heavy atom. The number of hydrogen-bond acceptors (Lipinski definition) is 3. The van der Waals surface area contributed by atoms with Gasteiger partial charge in [-0.3, -0.25) is 0 Å². The van der Waals surface area contributed by atoms with E-state index in [1.807, 2.05) is 42.1 Å². The summed E-state index contributed by atoms with van der Waals surface area (Å²) in [7, 11) is -2.26. The summed E-state index contributed by atoms with van der Waals surface area (Å²) in [5.41, 5.74) is 1.14. The van der Waals surface area contributed by atoms with Crippen molar-refractivity contribution in [3.63, 3.8) is 0 Å². The van der Waals surface area contributed by atoms with Crippen molar-refractivity contribution in [3.8, 4) is 0 Å². The van der Waals surface area contributed by atoms with Crippen molar-refractivity contribution in [2.75, 3.05) is 0 Å². The van der Waals surface area contributed by atoms with Gasteiger partial charge >= 0.3 is 0 Å². The van der Waals surface area contributed by atoms with E-state index in [9.17, 15) is 13.0 Å². The van der Waals surface area contributed by atoms with Crippen LogP contribution in [0, 0.1) is 0 Å². The lowest BCUT2D eigenvalue weighted by Crippen LogP contribution is -2.30. The highest BCUT2D eigenvalue weighted by Crippen LogP contribution is 2.04. The van der Waals surface area contributed by atoms with E-state index in [0.29, 0.717) is 0 Å². The first-order valence-electron chi connectivity index (χ1n) is 5.53. The van der Waals surface area contributed by atoms with Crippen LogP contribution in [-0.4, -0.2) is 13.0 Å². The van der Waals surface area contributed by atoms with Gasteiger partial charge in [-0.1, -0.05) is 24.8 Å². The minimum atomic E-state index is -4.25. The molecule has 1 aromatic heterocycles. The molecule has 0 aliphatic heterocycles. The van der Waals surface area contributed by atoms with Gasteiger partial charge in [0, 0.05) is 18.2 Å². The molecule has 5 heteroatoms. The number of benzene rings is 1. The largest absolute Gasteiger partial charge is 0.744 e. The number of rotatable bonds is 2. The van der Waals surface area contributed by atoms with Gasteiger partial charge in [0.1, 0.15) is 17.2 Å². The van der Waals surface area contributed by atoms with Crippen LogP contribution < -0.4 is 4.57 Å². The van der Waals surface area contributed by atoms with E-state index in [0.717, 1.165) is 5.69 Å². The van der Waals surface area contributed by atoms with Gasteiger partial charge in [-0.2, -0.15) is 0 Å². The third-order valence-electron chi connectivity index (χ3n) is 2.34. The highest BCUT2D eigenvalue weighted by molar-refractivity contribution is 7.85. The number of aryl methyl sites for hydroxylation is 1. The molecule has 2 aromatic rings. The Labute approximate surface area is 113 Å². The van der Waals surface area contributed by atoms with Crippen LogP contribution in [0.1, 0.15) is 5.69 Å². The fourth-order valence-electron chi connectivity index (χ4n) is 1.34. The second-order valence-electron chi connectivity index (χ2n) is 3.71. The standard InChI is InChI=1S/C8H10N.C6H6O3S/c1-3-8-6-4-5-7-9(8)2;7-10(8,9)6-4-2-1-3-5-6/h3-7H,1H2,2H3;1-5H,(H,7,8,9)/q+1;/p-1. The molecule has 0 N–H and O–H groups in total. The maximum atomic E-state index is 10.3. The molecule has 0 atom stereocenters. The van der Waals surface area contributed by atoms with Crippen molar-refractivity contribution in [3.05, 3.63) is 67.0 Å². The van der Waals surface area contributed by atoms with Gasteiger partial charge in [-0.15, -0.1) is 0 Å². The SMILES string of the molecule is C=Cc1cccc[n+]1C.O=S(=O)([O-])c1ccccc1. The summed E-state index contributed by atoms with van der Waals surface area (Å²) in [4.78, 5) is -0.185. The Morgan fingerprint density at radius 3 is 2.05 bits per heavy atom. The molecule has 0 amide bonds. The summed E-state index contributed by atoms with van der Waals surface area (Å²) >= 11 is 0. The Kier molecular flexibility index (Phi) is 5.41. The van der Waals surface area contributed by atoms with Crippen LogP contribution in [0.3, 0.4) is 0 Å². The average molecular weight is 277 g/mol. The summed E-state index contributed by atoms with van der Waals surface area (Å²) in [6.45, 7) is 3.67. The molecule has 1 heterocycles. The molecule has 1 aromatic carbocycles. The normalized spacial score (nSPS) is 10.2. The molecule has 0 fully saturated rings. The quantitative estimate of drug-likeness (QED) is 0.620. The third-order valence-corrected chi connectivity index (χ3v) is 3.19. The number of nitrogens with zero attached hydrogens (tertiary/aromatic N) is 1. The van der Waals surface area contributed by atoms with E-state index < -0.39 is 10.1 Å². The molecule has 0 aliphatic carbocycles. The molecular weight excluding hydrogens is 262 g/mol. The molecule has 4 nitrogen and oxygen atoms in total. The summed E-state index contributed by atoms with van der Waals surface area (Å²) in [6, 6.07) is 13.2. The number of hydrogen-bond donors (Lipinski definition) is 0. The molecule has 0 spiro atoms. The molecule has 0 bridgehead atoms.